The van der Waals surface area contributed by atoms with Gasteiger partial charge in [-0.25, -0.2) is 0 Å². The molecule has 0 bridgehead atoms. The van der Waals surface area contributed by atoms with Crippen molar-refractivity contribution in [3.05, 3.63) is 23.8 Å². The molecule has 1 aliphatic rings. The molecule has 2 N–H and O–H groups in total. The number of fused-ring (bicyclic) bond motifs is 1. The minimum Gasteiger partial charge on any atom is -0.486 e. The van der Waals surface area contributed by atoms with E-state index in [2.05, 4.69) is 13.8 Å². The molecule has 1 heterocycles. The standard InChI is InChI=1S/C14H21NO2/c1-10(2)3-5-12(15)11-4-6-13-14(9-11)17-8-7-16-13/h4,6,9-10,12H,3,5,7-8,15H2,1-2H3/t12-/m0/s1. The zero-order valence-electron chi connectivity index (χ0n) is 10.6. The zero-order chi connectivity index (χ0) is 12.3. The largest absolute Gasteiger partial charge is 0.486 e. The highest BCUT2D eigenvalue weighted by molar-refractivity contribution is 5.44. The quantitative estimate of drug-likeness (QED) is 0.872. The monoisotopic (exact) mass is 235 g/mol. The summed E-state index contributed by atoms with van der Waals surface area (Å²) in [5, 5.41) is 0. The molecule has 0 spiro atoms. The Morgan fingerprint density at radius 2 is 1.82 bits per heavy atom. The van der Waals surface area contributed by atoms with Crippen LogP contribution in [-0.2, 0) is 0 Å². The summed E-state index contributed by atoms with van der Waals surface area (Å²) in [6.45, 7) is 5.69. The lowest BCUT2D eigenvalue weighted by molar-refractivity contribution is 0.171. The average Bonchev–Trinajstić information content (AvgIpc) is 2.35. The van der Waals surface area contributed by atoms with Gasteiger partial charge >= 0.3 is 0 Å². The van der Waals surface area contributed by atoms with Crippen LogP contribution < -0.4 is 15.2 Å². The highest BCUT2D eigenvalue weighted by Gasteiger charge is 2.14. The fourth-order valence-corrected chi connectivity index (χ4v) is 1.97. The molecule has 94 valence electrons. The third kappa shape index (κ3) is 3.13. The van der Waals surface area contributed by atoms with E-state index in [0.29, 0.717) is 19.1 Å². The summed E-state index contributed by atoms with van der Waals surface area (Å²) in [4.78, 5) is 0. The molecule has 1 aromatic carbocycles. The smallest absolute Gasteiger partial charge is 0.161 e. The number of hydrogen-bond donors (Lipinski definition) is 1. The van der Waals surface area contributed by atoms with Gasteiger partial charge in [0.2, 0.25) is 0 Å². The van der Waals surface area contributed by atoms with E-state index in [-0.39, 0.29) is 6.04 Å². The van der Waals surface area contributed by atoms with Gasteiger partial charge in [-0.2, -0.15) is 0 Å². The minimum absolute atomic E-state index is 0.0910. The second-order valence-electron chi connectivity index (χ2n) is 4.98. The Labute approximate surface area is 103 Å². The summed E-state index contributed by atoms with van der Waals surface area (Å²) < 4.78 is 11.0. The van der Waals surface area contributed by atoms with E-state index in [9.17, 15) is 0 Å². The maximum atomic E-state index is 6.18. The van der Waals surface area contributed by atoms with Crippen LogP contribution in [0, 0.1) is 5.92 Å². The van der Waals surface area contributed by atoms with E-state index in [4.69, 9.17) is 15.2 Å². The molecule has 0 unspecified atom stereocenters. The average molecular weight is 235 g/mol. The number of nitrogens with two attached hydrogens (primary N) is 1. The Balaban J connectivity index is 2.05. The molecule has 1 aromatic rings. The number of ether oxygens (including phenoxy) is 2. The lowest BCUT2D eigenvalue weighted by Gasteiger charge is -2.20. The molecule has 0 aromatic heterocycles. The van der Waals surface area contributed by atoms with Gasteiger partial charge in [-0.05, 0) is 36.5 Å². The van der Waals surface area contributed by atoms with Crippen molar-refractivity contribution in [2.75, 3.05) is 13.2 Å². The molecule has 0 fully saturated rings. The first-order valence-corrected chi connectivity index (χ1v) is 6.32. The van der Waals surface area contributed by atoms with Gasteiger partial charge in [0.05, 0.1) is 0 Å². The first-order valence-electron chi connectivity index (χ1n) is 6.32. The molecule has 0 amide bonds. The van der Waals surface area contributed by atoms with Gasteiger partial charge in [-0.1, -0.05) is 19.9 Å². The molecule has 0 radical (unpaired) electrons. The Morgan fingerprint density at radius 1 is 1.12 bits per heavy atom. The van der Waals surface area contributed by atoms with Crippen molar-refractivity contribution >= 4 is 0 Å². The van der Waals surface area contributed by atoms with Crippen molar-refractivity contribution in [1.82, 2.24) is 0 Å². The Hall–Kier alpha value is -1.22. The molecule has 17 heavy (non-hydrogen) atoms. The maximum absolute atomic E-state index is 6.18. The van der Waals surface area contributed by atoms with Crippen molar-refractivity contribution in [3.63, 3.8) is 0 Å². The van der Waals surface area contributed by atoms with Crippen LogP contribution in [0.1, 0.15) is 38.3 Å². The summed E-state index contributed by atoms with van der Waals surface area (Å²) in [6, 6.07) is 6.10. The van der Waals surface area contributed by atoms with Crippen LogP contribution in [0.15, 0.2) is 18.2 Å². The number of rotatable bonds is 4. The molecule has 0 saturated carbocycles. The van der Waals surface area contributed by atoms with Gasteiger partial charge < -0.3 is 15.2 Å². The molecule has 0 aliphatic carbocycles. The summed E-state index contributed by atoms with van der Waals surface area (Å²) in [5.41, 5.74) is 7.31. The fourth-order valence-electron chi connectivity index (χ4n) is 1.97. The Bertz CT molecular complexity index is 376. The molecular weight excluding hydrogens is 214 g/mol. The lowest BCUT2D eigenvalue weighted by atomic mass is 9.98. The van der Waals surface area contributed by atoms with Gasteiger partial charge in [-0.3, -0.25) is 0 Å². The second kappa shape index (κ2) is 5.41. The predicted octanol–water partition coefficient (Wildman–Crippen LogP) is 2.89. The van der Waals surface area contributed by atoms with Gasteiger partial charge in [0, 0.05) is 6.04 Å². The highest BCUT2D eigenvalue weighted by Crippen LogP contribution is 2.33. The predicted molar refractivity (Wildman–Crippen MR) is 68.4 cm³/mol. The lowest BCUT2D eigenvalue weighted by Crippen LogP contribution is -2.17. The Kier molecular flexibility index (Phi) is 3.89. The van der Waals surface area contributed by atoms with Crippen molar-refractivity contribution in [1.29, 1.82) is 0 Å². The molecule has 3 heteroatoms. The molecule has 2 rings (SSSR count). The topological polar surface area (TPSA) is 44.5 Å². The van der Waals surface area contributed by atoms with Gasteiger partial charge in [0.25, 0.3) is 0 Å². The highest BCUT2D eigenvalue weighted by atomic mass is 16.6. The van der Waals surface area contributed by atoms with Crippen LogP contribution >= 0.6 is 0 Å². The first kappa shape index (κ1) is 12.2. The van der Waals surface area contributed by atoms with Crippen LogP contribution in [0.5, 0.6) is 11.5 Å². The van der Waals surface area contributed by atoms with Crippen LogP contribution in [0.4, 0.5) is 0 Å². The van der Waals surface area contributed by atoms with E-state index in [1.54, 1.807) is 0 Å². The first-order chi connectivity index (χ1) is 8.16. The van der Waals surface area contributed by atoms with E-state index in [1.807, 2.05) is 18.2 Å². The zero-order valence-corrected chi connectivity index (χ0v) is 10.6. The number of benzene rings is 1. The third-order valence-corrected chi connectivity index (χ3v) is 3.05. The minimum atomic E-state index is 0.0910. The van der Waals surface area contributed by atoms with E-state index in [1.165, 1.54) is 0 Å². The molecular formula is C14H21NO2. The number of hydrogen-bond acceptors (Lipinski definition) is 3. The van der Waals surface area contributed by atoms with Crippen LogP contribution in [0.25, 0.3) is 0 Å². The summed E-state index contributed by atoms with van der Waals surface area (Å²) in [7, 11) is 0. The second-order valence-corrected chi connectivity index (χ2v) is 4.98. The van der Waals surface area contributed by atoms with Crippen molar-refractivity contribution in [2.45, 2.75) is 32.7 Å². The van der Waals surface area contributed by atoms with Gasteiger partial charge in [0.1, 0.15) is 13.2 Å². The van der Waals surface area contributed by atoms with E-state index >= 15 is 0 Å². The van der Waals surface area contributed by atoms with Gasteiger partial charge in [-0.15, -0.1) is 0 Å². The van der Waals surface area contributed by atoms with E-state index < -0.39 is 0 Å². The molecule has 0 saturated heterocycles. The van der Waals surface area contributed by atoms with E-state index in [0.717, 1.165) is 29.9 Å². The normalized spacial score (nSPS) is 16.0. The van der Waals surface area contributed by atoms with Crippen LogP contribution in [0.2, 0.25) is 0 Å². The van der Waals surface area contributed by atoms with Crippen molar-refractivity contribution < 1.29 is 9.47 Å². The summed E-state index contributed by atoms with van der Waals surface area (Å²) in [5.74, 6) is 2.35. The maximum Gasteiger partial charge on any atom is 0.161 e. The molecule has 1 atom stereocenters. The molecule has 3 nitrogen and oxygen atoms in total. The fraction of sp³-hybridized carbons (Fsp3) is 0.571. The summed E-state index contributed by atoms with van der Waals surface area (Å²) >= 11 is 0. The SMILES string of the molecule is CC(C)CC[C@H](N)c1ccc2c(c1)OCCO2. The van der Waals surface area contributed by atoms with Gasteiger partial charge in [0.15, 0.2) is 11.5 Å². The van der Waals surface area contributed by atoms with Crippen molar-refractivity contribution in [2.24, 2.45) is 11.7 Å². The van der Waals surface area contributed by atoms with Crippen LogP contribution in [0.3, 0.4) is 0 Å². The molecule has 1 aliphatic heterocycles. The Morgan fingerprint density at radius 3 is 2.53 bits per heavy atom. The van der Waals surface area contributed by atoms with Crippen molar-refractivity contribution in [3.8, 4) is 11.5 Å². The van der Waals surface area contributed by atoms with Crippen LogP contribution in [-0.4, -0.2) is 13.2 Å². The third-order valence-electron chi connectivity index (χ3n) is 3.05. The summed E-state index contributed by atoms with van der Waals surface area (Å²) in [6.07, 6.45) is 2.16.